The van der Waals surface area contributed by atoms with Crippen LogP contribution in [0.25, 0.3) is 11.3 Å². The molecule has 0 unspecified atom stereocenters. The van der Waals surface area contributed by atoms with Crippen molar-refractivity contribution in [3.63, 3.8) is 0 Å². The topological polar surface area (TPSA) is 47.7 Å². The lowest BCUT2D eigenvalue weighted by atomic mass is 10.1. The molecule has 0 amide bonds. The van der Waals surface area contributed by atoms with Gasteiger partial charge in [0.25, 0.3) is 0 Å². The summed E-state index contributed by atoms with van der Waals surface area (Å²) in [6.45, 7) is 8.62. The second-order valence-corrected chi connectivity index (χ2v) is 7.93. The summed E-state index contributed by atoms with van der Waals surface area (Å²) in [6.07, 6.45) is 2.17. The van der Waals surface area contributed by atoms with Gasteiger partial charge in [-0.1, -0.05) is 54.1 Å². The van der Waals surface area contributed by atoms with Crippen LogP contribution in [0.1, 0.15) is 33.6 Å². The van der Waals surface area contributed by atoms with Gasteiger partial charge in [-0.15, -0.1) is 0 Å². The third-order valence-corrected chi connectivity index (χ3v) is 5.59. The summed E-state index contributed by atoms with van der Waals surface area (Å²) in [5, 5.41) is 13.1. The second-order valence-electron chi connectivity index (χ2n) is 7.93. The predicted molar refractivity (Wildman–Crippen MR) is 121 cm³/mol. The fourth-order valence-electron chi connectivity index (χ4n) is 3.87. The molecule has 5 heteroatoms. The first-order valence-electron chi connectivity index (χ1n) is 10.4. The SMILES string of the molecule is Cc1cccc(-c2nn(Cc3ccccc3)cc2CNCc2c(C)nn(C)c2C)c1. The molecule has 2 aromatic carbocycles. The summed E-state index contributed by atoms with van der Waals surface area (Å²) in [4.78, 5) is 0. The molecule has 1 N–H and O–H groups in total. The van der Waals surface area contributed by atoms with Crippen molar-refractivity contribution >= 4 is 0 Å². The molecule has 4 rings (SSSR count). The van der Waals surface area contributed by atoms with Crippen molar-refractivity contribution < 1.29 is 0 Å². The fourth-order valence-corrected chi connectivity index (χ4v) is 3.87. The van der Waals surface area contributed by atoms with Crippen LogP contribution in [0, 0.1) is 20.8 Å². The Bertz CT molecular complexity index is 1140. The van der Waals surface area contributed by atoms with Crippen LogP contribution in [-0.2, 0) is 26.7 Å². The number of benzene rings is 2. The lowest BCUT2D eigenvalue weighted by Crippen LogP contribution is -2.14. The monoisotopic (exact) mass is 399 g/mol. The van der Waals surface area contributed by atoms with E-state index in [9.17, 15) is 0 Å². The number of nitrogens with zero attached hydrogens (tertiary/aromatic N) is 4. The van der Waals surface area contributed by atoms with Gasteiger partial charge in [0.1, 0.15) is 0 Å². The predicted octanol–water partition coefficient (Wildman–Crippen LogP) is 4.55. The highest BCUT2D eigenvalue weighted by Crippen LogP contribution is 2.24. The van der Waals surface area contributed by atoms with Gasteiger partial charge >= 0.3 is 0 Å². The van der Waals surface area contributed by atoms with Crippen LogP contribution in [0.5, 0.6) is 0 Å². The van der Waals surface area contributed by atoms with Gasteiger partial charge in [0.15, 0.2) is 0 Å². The highest BCUT2D eigenvalue weighted by molar-refractivity contribution is 5.63. The van der Waals surface area contributed by atoms with Crippen LogP contribution >= 0.6 is 0 Å². The van der Waals surface area contributed by atoms with Crippen molar-refractivity contribution in [1.29, 1.82) is 0 Å². The average Bonchev–Trinajstić information content (AvgIpc) is 3.24. The number of hydrogen-bond donors (Lipinski definition) is 1. The number of nitrogens with one attached hydrogen (secondary N) is 1. The van der Waals surface area contributed by atoms with Crippen LogP contribution in [0.15, 0.2) is 60.8 Å². The van der Waals surface area contributed by atoms with E-state index in [0.29, 0.717) is 0 Å². The van der Waals surface area contributed by atoms with Gasteiger partial charge in [0.05, 0.1) is 17.9 Å². The lowest BCUT2D eigenvalue weighted by molar-refractivity contribution is 0.674. The quantitative estimate of drug-likeness (QED) is 0.496. The molecule has 0 fully saturated rings. The summed E-state index contributed by atoms with van der Waals surface area (Å²) in [5.74, 6) is 0. The van der Waals surface area contributed by atoms with Crippen LogP contribution < -0.4 is 5.32 Å². The number of rotatable bonds is 7. The van der Waals surface area contributed by atoms with Crippen LogP contribution in [0.2, 0.25) is 0 Å². The van der Waals surface area contributed by atoms with Crippen LogP contribution in [0.3, 0.4) is 0 Å². The Morgan fingerprint density at radius 2 is 1.70 bits per heavy atom. The van der Waals surface area contributed by atoms with Crippen molar-refractivity contribution in [1.82, 2.24) is 24.9 Å². The zero-order valence-electron chi connectivity index (χ0n) is 18.2. The van der Waals surface area contributed by atoms with Crippen LogP contribution in [-0.4, -0.2) is 19.6 Å². The molecule has 0 bridgehead atoms. The summed E-state index contributed by atoms with van der Waals surface area (Å²) in [7, 11) is 2.00. The standard InChI is InChI=1S/C25H29N5/c1-18-9-8-12-22(13-18)25-23(14-26-15-24-19(2)27-29(4)20(24)3)17-30(28-25)16-21-10-6-5-7-11-21/h5-13,17,26H,14-16H2,1-4H3. The maximum atomic E-state index is 4.94. The first-order valence-corrected chi connectivity index (χ1v) is 10.4. The Kier molecular flexibility index (Phi) is 5.81. The summed E-state index contributed by atoms with van der Waals surface area (Å²) < 4.78 is 3.99. The number of aryl methyl sites for hydroxylation is 3. The highest BCUT2D eigenvalue weighted by atomic mass is 15.3. The Morgan fingerprint density at radius 3 is 2.40 bits per heavy atom. The van der Waals surface area contributed by atoms with Crippen molar-refractivity contribution in [3.05, 3.63) is 94.4 Å². The molecule has 5 nitrogen and oxygen atoms in total. The van der Waals surface area contributed by atoms with Crippen molar-refractivity contribution in [3.8, 4) is 11.3 Å². The summed E-state index contributed by atoms with van der Waals surface area (Å²) in [5.41, 5.74) is 9.46. The Labute approximate surface area is 178 Å². The van der Waals surface area contributed by atoms with Gasteiger partial charge in [0, 0.05) is 48.7 Å². The van der Waals surface area contributed by atoms with Gasteiger partial charge < -0.3 is 5.32 Å². The molecular formula is C25H29N5. The Balaban J connectivity index is 1.58. The highest BCUT2D eigenvalue weighted by Gasteiger charge is 2.13. The van der Waals surface area contributed by atoms with E-state index in [0.717, 1.165) is 36.6 Å². The van der Waals surface area contributed by atoms with E-state index in [1.165, 1.54) is 27.9 Å². The van der Waals surface area contributed by atoms with Gasteiger partial charge in [-0.3, -0.25) is 9.36 Å². The molecule has 0 aliphatic heterocycles. The van der Waals surface area contributed by atoms with Crippen molar-refractivity contribution in [2.24, 2.45) is 7.05 Å². The van der Waals surface area contributed by atoms with E-state index in [1.807, 2.05) is 22.5 Å². The van der Waals surface area contributed by atoms with Gasteiger partial charge in [-0.25, -0.2) is 0 Å². The van der Waals surface area contributed by atoms with Gasteiger partial charge in [-0.05, 0) is 32.4 Å². The smallest absolute Gasteiger partial charge is 0.0968 e. The molecule has 30 heavy (non-hydrogen) atoms. The normalized spacial score (nSPS) is 11.2. The van der Waals surface area contributed by atoms with Crippen LogP contribution in [0.4, 0.5) is 0 Å². The fraction of sp³-hybridized carbons (Fsp3) is 0.280. The first-order chi connectivity index (χ1) is 14.5. The summed E-state index contributed by atoms with van der Waals surface area (Å²) >= 11 is 0. The molecule has 0 aliphatic carbocycles. The van der Waals surface area contributed by atoms with E-state index in [-0.39, 0.29) is 0 Å². The maximum absolute atomic E-state index is 4.94. The molecule has 4 aromatic rings. The molecule has 0 radical (unpaired) electrons. The van der Waals surface area contributed by atoms with E-state index in [2.05, 4.69) is 85.9 Å². The average molecular weight is 400 g/mol. The second kappa shape index (κ2) is 8.67. The zero-order chi connectivity index (χ0) is 21.1. The molecule has 0 aliphatic rings. The van der Waals surface area contributed by atoms with Crippen molar-refractivity contribution in [2.45, 2.75) is 40.4 Å². The van der Waals surface area contributed by atoms with E-state index in [1.54, 1.807) is 0 Å². The minimum absolute atomic E-state index is 0.756. The molecule has 0 saturated carbocycles. The largest absolute Gasteiger partial charge is 0.308 e. The van der Waals surface area contributed by atoms with E-state index < -0.39 is 0 Å². The molecule has 2 heterocycles. The van der Waals surface area contributed by atoms with Gasteiger partial charge in [-0.2, -0.15) is 10.2 Å². The minimum atomic E-state index is 0.756. The molecule has 0 atom stereocenters. The zero-order valence-corrected chi connectivity index (χ0v) is 18.2. The van der Waals surface area contributed by atoms with Crippen molar-refractivity contribution in [2.75, 3.05) is 0 Å². The van der Waals surface area contributed by atoms with E-state index >= 15 is 0 Å². The molecule has 0 spiro atoms. The Morgan fingerprint density at radius 1 is 0.900 bits per heavy atom. The Hall–Kier alpha value is -3.18. The number of aromatic nitrogens is 4. The third kappa shape index (κ3) is 4.36. The molecular weight excluding hydrogens is 370 g/mol. The van der Waals surface area contributed by atoms with E-state index in [4.69, 9.17) is 5.10 Å². The summed E-state index contributed by atoms with van der Waals surface area (Å²) in [6, 6.07) is 19.0. The minimum Gasteiger partial charge on any atom is -0.308 e. The molecule has 0 saturated heterocycles. The lowest BCUT2D eigenvalue weighted by Gasteiger charge is -2.07. The third-order valence-electron chi connectivity index (χ3n) is 5.59. The number of hydrogen-bond acceptors (Lipinski definition) is 3. The maximum Gasteiger partial charge on any atom is 0.0968 e. The first kappa shape index (κ1) is 20.1. The molecule has 154 valence electrons. The van der Waals surface area contributed by atoms with Gasteiger partial charge in [0.2, 0.25) is 0 Å². The molecule has 2 aromatic heterocycles.